The van der Waals surface area contributed by atoms with Gasteiger partial charge >= 0.3 is 0 Å². The maximum Gasteiger partial charge on any atom is 0.243 e. The second-order valence-electron chi connectivity index (χ2n) is 9.69. The van der Waals surface area contributed by atoms with Gasteiger partial charge in [-0.2, -0.15) is 0 Å². The third-order valence-corrected chi connectivity index (χ3v) is 8.00. The minimum Gasteiger partial charge on any atom is -0.497 e. The zero-order valence-corrected chi connectivity index (χ0v) is 21.7. The molecule has 0 unspecified atom stereocenters. The lowest BCUT2D eigenvalue weighted by Crippen LogP contribution is -2.51. The molecule has 2 aliphatic heterocycles. The first-order valence-electron chi connectivity index (χ1n) is 12.7. The van der Waals surface area contributed by atoms with Crippen molar-refractivity contribution in [1.82, 2.24) is 15.1 Å². The number of ether oxygens (including phenoxy) is 1. The SMILES string of the molecule is COc1ccc(C[C@@H]2C[C@@H](C(=O)NCc3cccs3)N(C(=O)[C@H](N)CCC(=O)N3CCCC3)C2)cc1. The van der Waals surface area contributed by atoms with E-state index in [2.05, 4.69) is 5.32 Å². The number of carbonyl (C=O) groups is 3. The first-order chi connectivity index (χ1) is 17.4. The number of nitrogens with one attached hydrogen (secondary N) is 1. The highest BCUT2D eigenvalue weighted by Crippen LogP contribution is 2.28. The third-order valence-electron chi connectivity index (χ3n) is 7.12. The van der Waals surface area contributed by atoms with E-state index < -0.39 is 12.1 Å². The van der Waals surface area contributed by atoms with E-state index in [1.807, 2.05) is 46.7 Å². The van der Waals surface area contributed by atoms with Gasteiger partial charge in [0.2, 0.25) is 17.7 Å². The van der Waals surface area contributed by atoms with E-state index in [1.165, 1.54) is 0 Å². The fraction of sp³-hybridized carbons (Fsp3) is 0.519. The summed E-state index contributed by atoms with van der Waals surface area (Å²) in [5.41, 5.74) is 7.41. The van der Waals surface area contributed by atoms with Crippen LogP contribution in [0.2, 0.25) is 0 Å². The van der Waals surface area contributed by atoms with Gasteiger partial charge < -0.3 is 25.6 Å². The highest BCUT2D eigenvalue weighted by molar-refractivity contribution is 7.09. The van der Waals surface area contributed by atoms with Gasteiger partial charge in [0.15, 0.2) is 0 Å². The predicted octanol–water partition coefficient (Wildman–Crippen LogP) is 2.56. The van der Waals surface area contributed by atoms with Gasteiger partial charge in [0.1, 0.15) is 11.8 Å². The molecule has 3 atom stereocenters. The fourth-order valence-electron chi connectivity index (χ4n) is 5.10. The van der Waals surface area contributed by atoms with Crippen LogP contribution in [0.4, 0.5) is 0 Å². The van der Waals surface area contributed by atoms with Crippen LogP contribution in [0.15, 0.2) is 41.8 Å². The zero-order chi connectivity index (χ0) is 25.5. The van der Waals surface area contributed by atoms with Crippen LogP contribution in [0, 0.1) is 5.92 Å². The number of methoxy groups -OCH3 is 1. The van der Waals surface area contributed by atoms with Crippen molar-refractivity contribution in [2.24, 2.45) is 11.7 Å². The van der Waals surface area contributed by atoms with E-state index in [4.69, 9.17) is 10.5 Å². The Labute approximate surface area is 216 Å². The number of nitrogens with zero attached hydrogens (tertiary/aromatic N) is 2. The standard InChI is InChI=1S/C27H36N4O4S/c1-35-21-8-6-19(7-9-21)15-20-16-24(26(33)29-17-22-5-4-14-36-22)31(18-20)27(34)23(28)10-11-25(32)30-12-2-3-13-30/h4-9,14,20,23-24H,2-3,10-13,15-18,28H2,1H3,(H,29,33)/t20-,23-,24+/m1/s1. The fourth-order valence-corrected chi connectivity index (χ4v) is 5.75. The molecule has 3 N–H and O–H groups in total. The second kappa shape index (κ2) is 12.4. The maximum atomic E-state index is 13.4. The molecule has 4 rings (SSSR count). The van der Waals surface area contributed by atoms with Crippen molar-refractivity contribution in [3.63, 3.8) is 0 Å². The van der Waals surface area contributed by atoms with Crippen molar-refractivity contribution in [2.75, 3.05) is 26.7 Å². The molecule has 0 aliphatic carbocycles. The molecule has 2 fully saturated rings. The highest BCUT2D eigenvalue weighted by atomic mass is 32.1. The van der Waals surface area contributed by atoms with E-state index in [1.54, 1.807) is 23.3 Å². The molecule has 2 aromatic rings. The summed E-state index contributed by atoms with van der Waals surface area (Å²) in [5.74, 6) is 0.576. The minimum absolute atomic E-state index is 0.0554. The van der Waals surface area contributed by atoms with E-state index >= 15 is 0 Å². The molecule has 9 heteroatoms. The molecule has 0 radical (unpaired) electrons. The van der Waals surface area contributed by atoms with Crippen molar-refractivity contribution < 1.29 is 19.1 Å². The summed E-state index contributed by atoms with van der Waals surface area (Å²) in [6.45, 7) is 2.48. The lowest BCUT2D eigenvalue weighted by Gasteiger charge is -2.27. The van der Waals surface area contributed by atoms with Gasteiger partial charge in [-0.3, -0.25) is 14.4 Å². The van der Waals surface area contributed by atoms with Gasteiger partial charge in [-0.15, -0.1) is 11.3 Å². The van der Waals surface area contributed by atoms with Gasteiger partial charge in [-0.25, -0.2) is 0 Å². The average Bonchev–Trinajstić information content (AvgIpc) is 3.68. The van der Waals surface area contributed by atoms with Crippen LogP contribution in [-0.4, -0.2) is 66.3 Å². The minimum atomic E-state index is -0.802. The van der Waals surface area contributed by atoms with Gasteiger partial charge in [-0.1, -0.05) is 18.2 Å². The number of likely N-dealkylation sites (tertiary alicyclic amines) is 2. The number of benzene rings is 1. The smallest absolute Gasteiger partial charge is 0.243 e. The number of thiophene rings is 1. The summed E-state index contributed by atoms with van der Waals surface area (Å²) in [5, 5.41) is 4.97. The van der Waals surface area contributed by atoms with E-state index in [0.717, 1.165) is 48.5 Å². The molecule has 3 heterocycles. The van der Waals surface area contributed by atoms with Crippen LogP contribution in [0.5, 0.6) is 5.75 Å². The van der Waals surface area contributed by atoms with Crippen LogP contribution >= 0.6 is 11.3 Å². The summed E-state index contributed by atoms with van der Waals surface area (Å²) < 4.78 is 5.25. The number of hydrogen-bond donors (Lipinski definition) is 2. The predicted molar refractivity (Wildman–Crippen MR) is 139 cm³/mol. The van der Waals surface area contributed by atoms with Crippen LogP contribution in [0.1, 0.15) is 42.5 Å². The normalized spacial score (nSPS) is 20.4. The Kier molecular flexibility index (Phi) is 8.98. The molecule has 2 aliphatic rings. The molecule has 8 nitrogen and oxygen atoms in total. The topological polar surface area (TPSA) is 105 Å². The third kappa shape index (κ3) is 6.64. The van der Waals surface area contributed by atoms with Crippen molar-refractivity contribution in [3.05, 3.63) is 52.2 Å². The summed E-state index contributed by atoms with van der Waals surface area (Å²) >= 11 is 1.58. The molecule has 0 bridgehead atoms. The number of nitrogens with two attached hydrogens (primary N) is 1. The summed E-state index contributed by atoms with van der Waals surface area (Å²) in [6.07, 6.45) is 3.94. The molecule has 36 heavy (non-hydrogen) atoms. The van der Waals surface area contributed by atoms with Crippen molar-refractivity contribution in [3.8, 4) is 5.75 Å². The maximum absolute atomic E-state index is 13.4. The van der Waals surface area contributed by atoms with Gasteiger partial charge in [0, 0.05) is 30.9 Å². The van der Waals surface area contributed by atoms with Crippen LogP contribution in [-0.2, 0) is 27.3 Å². The molecule has 0 spiro atoms. The number of rotatable bonds is 10. The lowest BCUT2D eigenvalue weighted by molar-refractivity contribution is -0.140. The molecule has 0 saturated carbocycles. The molecule has 1 aromatic heterocycles. The van der Waals surface area contributed by atoms with Gasteiger partial charge in [0.05, 0.1) is 19.7 Å². The number of amides is 3. The zero-order valence-electron chi connectivity index (χ0n) is 20.9. The second-order valence-corrected chi connectivity index (χ2v) is 10.7. The largest absolute Gasteiger partial charge is 0.497 e. The van der Waals surface area contributed by atoms with E-state index in [9.17, 15) is 14.4 Å². The van der Waals surface area contributed by atoms with E-state index in [0.29, 0.717) is 19.5 Å². The Morgan fingerprint density at radius 1 is 1.17 bits per heavy atom. The Hall–Kier alpha value is -2.91. The first-order valence-corrected chi connectivity index (χ1v) is 13.6. The van der Waals surface area contributed by atoms with Gasteiger partial charge in [-0.05, 0) is 67.2 Å². The van der Waals surface area contributed by atoms with Crippen LogP contribution < -0.4 is 15.8 Å². The molecule has 2 saturated heterocycles. The lowest BCUT2D eigenvalue weighted by atomic mass is 9.96. The molecular weight excluding hydrogens is 476 g/mol. The summed E-state index contributed by atoms with van der Waals surface area (Å²) in [4.78, 5) is 43.6. The van der Waals surface area contributed by atoms with Gasteiger partial charge in [0.25, 0.3) is 0 Å². The molecule has 1 aromatic carbocycles. The molecule has 3 amide bonds. The average molecular weight is 513 g/mol. The Morgan fingerprint density at radius 3 is 2.58 bits per heavy atom. The monoisotopic (exact) mass is 512 g/mol. The quantitative estimate of drug-likeness (QED) is 0.509. The van der Waals surface area contributed by atoms with E-state index in [-0.39, 0.29) is 36.5 Å². The van der Waals surface area contributed by atoms with Crippen LogP contribution in [0.3, 0.4) is 0 Å². The van der Waals surface area contributed by atoms with Crippen LogP contribution in [0.25, 0.3) is 0 Å². The highest BCUT2D eigenvalue weighted by Gasteiger charge is 2.41. The molecular formula is C27H36N4O4S. The number of carbonyl (C=O) groups excluding carboxylic acids is 3. The summed E-state index contributed by atoms with van der Waals surface area (Å²) in [6, 6.07) is 10.4. The van der Waals surface area contributed by atoms with Crippen molar-refractivity contribution in [2.45, 2.75) is 57.2 Å². The summed E-state index contributed by atoms with van der Waals surface area (Å²) in [7, 11) is 1.64. The Morgan fingerprint density at radius 2 is 1.92 bits per heavy atom. The van der Waals surface area contributed by atoms with Crippen molar-refractivity contribution >= 4 is 29.1 Å². The Balaban J connectivity index is 1.40. The number of hydrogen-bond acceptors (Lipinski definition) is 6. The Bertz CT molecular complexity index is 1020. The first kappa shape index (κ1) is 26.2. The van der Waals surface area contributed by atoms with Crippen molar-refractivity contribution in [1.29, 1.82) is 0 Å². The molecule has 194 valence electrons.